The maximum Gasteiger partial charge on any atom is 0.188 e. The van der Waals surface area contributed by atoms with Crippen LogP contribution in [0.4, 0.5) is 0 Å². The number of aliphatic imine (C=N–C) groups is 1. The van der Waals surface area contributed by atoms with E-state index in [1.54, 1.807) is 0 Å². The summed E-state index contributed by atoms with van der Waals surface area (Å²) in [5.74, 6) is 1.39. The lowest BCUT2D eigenvalue weighted by atomic mass is 10.1. The quantitative estimate of drug-likeness (QED) is 0.435. The number of hydrogen-bond donors (Lipinski definition) is 2. The van der Waals surface area contributed by atoms with Crippen LogP contribution in [0, 0.1) is 0 Å². The van der Waals surface area contributed by atoms with Crippen molar-refractivity contribution in [1.29, 1.82) is 0 Å². The molecule has 4 heteroatoms. The van der Waals surface area contributed by atoms with Crippen LogP contribution in [-0.2, 0) is 6.42 Å². The predicted octanol–water partition coefficient (Wildman–Crippen LogP) is 2.50. The summed E-state index contributed by atoms with van der Waals surface area (Å²) in [6.45, 7) is 9.89. The summed E-state index contributed by atoms with van der Waals surface area (Å²) in [6, 6.07) is 8.15. The lowest BCUT2D eigenvalue weighted by molar-refractivity contribution is 0.317. The van der Waals surface area contributed by atoms with Gasteiger partial charge in [-0.2, -0.15) is 0 Å². The second-order valence-electron chi connectivity index (χ2n) is 4.83. The summed E-state index contributed by atoms with van der Waals surface area (Å²) < 4.78 is 5.61. The zero-order chi connectivity index (χ0) is 14.8. The average molecular weight is 275 g/mol. The smallest absolute Gasteiger partial charge is 0.188 e. The van der Waals surface area contributed by atoms with Crippen molar-refractivity contribution >= 4 is 5.96 Å². The molecule has 0 aliphatic rings. The van der Waals surface area contributed by atoms with E-state index in [1.807, 2.05) is 19.1 Å². The van der Waals surface area contributed by atoms with E-state index in [0.29, 0.717) is 12.5 Å². The third kappa shape index (κ3) is 6.83. The minimum Gasteiger partial charge on any atom is -0.494 e. The molecule has 0 aliphatic carbocycles. The Morgan fingerprint density at radius 1 is 1.45 bits per heavy atom. The van der Waals surface area contributed by atoms with Crippen LogP contribution in [0.2, 0.25) is 0 Å². The van der Waals surface area contributed by atoms with Crippen LogP contribution >= 0.6 is 0 Å². The van der Waals surface area contributed by atoms with Crippen molar-refractivity contribution in [2.24, 2.45) is 10.7 Å². The van der Waals surface area contributed by atoms with Gasteiger partial charge in [-0.15, -0.1) is 0 Å². The first kappa shape index (κ1) is 16.1. The van der Waals surface area contributed by atoms with Crippen LogP contribution in [0.3, 0.4) is 0 Å². The van der Waals surface area contributed by atoms with E-state index in [4.69, 9.17) is 10.5 Å². The molecule has 0 atom stereocenters. The topological polar surface area (TPSA) is 59.6 Å². The van der Waals surface area contributed by atoms with E-state index in [1.165, 1.54) is 5.56 Å². The van der Waals surface area contributed by atoms with Gasteiger partial charge in [0.1, 0.15) is 5.75 Å². The molecule has 0 bridgehead atoms. The predicted molar refractivity (Wildman–Crippen MR) is 85.2 cm³/mol. The van der Waals surface area contributed by atoms with Crippen LogP contribution in [-0.4, -0.2) is 25.7 Å². The maximum atomic E-state index is 5.75. The number of guanidine groups is 1. The highest BCUT2D eigenvalue weighted by molar-refractivity contribution is 5.77. The van der Waals surface area contributed by atoms with Crippen LogP contribution < -0.4 is 15.8 Å². The summed E-state index contributed by atoms with van der Waals surface area (Å²) in [7, 11) is 0. The van der Waals surface area contributed by atoms with Crippen molar-refractivity contribution in [2.45, 2.75) is 26.7 Å². The molecule has 0 heterocycles. The molecule has 0 radical (unpaired) electrons. The molecule has 0 unspecified atom stereocenters. The van der Waals surface area contributed by atoms with E-state index >= 15 is 0 Å². The molecule has 4 nitrogen and oxygen atoms in total. The summed E-state index contributed by atoms with van der Waals surface area (Å²) in [5, 5.41) is 3.09. The Morgan fingerprint density at radius 3 is 2.95 bits per heavy atom. The number of benzene rings is 1. The zero-order valence-corrected chi connectivity index (χ0v) is 12.5. The molecule has 1 rings (SSSR count). The van der Waals surface area contributed by atoms with Gasteiger partial charge in [-0.25, -0.2) is 4.99 Å². The summed E-state index contributed by atoms with van der Waals surface area (Å²) in [5.41, 5.74) is 7.97. The number of hydrogen-bond acceptors (Lipinski definition) is 2. The van der Waals surface area contributed by atoms with Crippen LogP contribution in [0.5, 0.6) is 5.75 Å². The Kier molecular flexibility index (Phi) is 7.25. The number of nitrogens with two attached hydrogens (primary N) is 1. The molecule has 110 valence electrons. The largest absolute Gasteiger partial charge is 0.494 e. The Labute approximate surface area is 121 Å². The number of nitrogens with zero attached hydrogens (tertiary/aromatic N) is 1. The van der Waals surface area contributed by atoms with E-state index in [0.717, 1.165) is 37.3 Å². The first-order valence-electron chi connectivity index (χ1n) is 7.01. The second kappa shape index (κ2) is 9.02. The third-order valence-corrected chi connectivity index (χ3v) is 2.61. The number of nitrogens with one attached hydrogen (secondary N) is 1. The second-order valence-corrected chi connectivity index (χ2v) is 4.83. The molecule has 0 spiro atoms. The molecule has 3 N–H and O–H groups in total. The lowest BCUT2D eigenvalue weighted by Gasteiger charge is -2.08. The van der Waals surface area contributed by atoms with Gasteiger partial charge in [0.05, 0.1) is 13.2 Å². The zero-order valence-electron chi connectivity index (χ0n) is 12.5. The summed E-state index contributed by atoms with van der Waals surface area (Å²) in [6.07, 6.45) is 1.90. The first-order chi connectivity index (χ1) is 9.61. The summed E-state index contributed by atoms with van der Waals surface area (Å²) >= 11 is 0. The van der Waals surface area contributed by atoms with Gasteiger partial charge in [-0.1, -0.05) is 31.2 Å². The molecule has 0 fully saturated rings. The van der Waals surface area contributed by atoms with E-state index < -0.39 is 0 Å². The molecule has 20 heavy (non-hydrogen) atoms. The fraction of sp³-hybridized carbons (Fsp3) is 0.438. The number of ether oxygens (including phenoxy) is 1. The maximum absolute atomic E-state index is 5.75. The van der Waals surface area contributed by atoms with Gasteiger partial charge in [0.25, 0.3) is 0 Å². The minimum atomic E-state index is 0.464. The highest BCUT2D eigenvalue weighted by Crippen LogP contribution is 2.13. The van der Waals surface area contributed by atoms with Gasteiger partial charge in [-0.3, -0.25) is 0 Å². The van der Waals surface area contributed by atoms with Crippen LogP contribution in [0.1, 0.15) is 25.8 Å². The molecule has 0 saturated heterocycles. The highest BCUT2D eigenvalue weighted by atomic mass is 16.5. The SMILES string of the molecule is C=C(C)CN=C(N)NCCc1cccc(OCCC)c1. The van der Waals surface area contributed by atoms with Crippen molar-refractivity contribution in [3.05, 3.63) is 42.0 Å². The first-order valence-corrected chi connectivity index (χ1v) is 7.01. The van der Waals surface area contributed by atoms with Crippen molar-refractivity contribution in [3.63, 3.8) is 0 Å². The molecular weight excluding hydrogens is 250 g/mol. The molecule has 0 saturated carbocycles. The van der Waals surface area contributed by atoms with Gasteiger partial charge in [0.2, 0.25) is 0 Å². The monoisotopic (exact) mass is 275 g/mol. The van der Waals surface area contributed by atoms with Gasteiger partial charge >= 0.3 is 0 Å². The van der Waals surface area contributed by atoms with Gasteiger partial charge < -0.3 is 15.8 Å². The van der Waals surface area contributed by atoms with Crippen molar-refractivity contribution in [2.75, 3.05) is 19.7 Å². The lowest BCUT2D eigenvalue weighted by Crippen LogP contribution is -2.33. The fourth-order valence-electron chi connectivity index (χ4n) is 1.62. The fourth-order valence-corrected chi connectivity index (χ4v) is 1.62. The molecule has 1 aromatic rings. The van der Waals surface area contributed by atoms with Gasteiger partial charge in [0, 0.05) is 6.54 Å². The van der Waals surface area contributed by atoms with E-state index in [2.05, 4.69) is 35.9 Å². The van der Waals surface area contributed by atoms with Gasteiger partial charge in [0.15, 0.2) is 5.96 Å². The van der Waals surface area contributed by atoms with Crippen molar-refractivity contribution < 1.29 is 4.74 Å². The van der Waals surface area contributed by atoms with E-state index in [9.17, 15) is 0 Å². The standard InChI is InChI=1S/C16H25N3O/c1-4-10-20-15-7-5-6-14(11-15)8-9-18-16(17)19-12-13(2)3/h5-7,11H,2,4,8-10,12H2,1,3H3,(H3,17,18,19). The Hall–Kier alpha value is -1.97. The highest BCUT2D eigenvalue weighted by Gasteiger charge is 1.98. The van der Waals surface area contributed by atoms with Gasteiger partial charge in [-0.05, 0) is 37.5 Å². The molecular formula is C16H25N3O. The van der Waals surface area contributed by atoms with Crippen molar-refractivity contribution in [3.8, 4) is 5.75 Å². The minimum absolute atomic E-state index is 0.464. The Balaban J connectivity index is 2.38. The molecule has 0 amide bonds. The van der Waals surface area contributed by atoms with Crippen molar-refractivity contribution in [1.82, 2.24) is 5.32 Å². The van der Waals surface area contributed by atoms with Crippen LogP contribution in [0.15, 0.2) is 41.4 Å². The Morgan fingerprint density at radius 2 is 2.25 bits per heavy atom. The number of rotatable bonds is 8. The van der Waals surface area contributed by atoms with E-state index in [-0.39, 0.29) is 0 Å². The Bertz CT molecular complexity index is 455. The normalized spacial score (nSPS) is 11.2. The summed E-state index contributed by atoms with van der Waals surface area (Å²) in [4.78, 5) is 4.17. The van der Waals surface area contributed by atoms with Crippen LogP contribution in [0.25, 0.3) is 0 Å². The molecule has 1 aromatic carbocycles. The third-order valence-electron chi connectivity index (χ3n) is 2.61. The molecule has 0 aromatic heterocycles. The average Bonchev–Trinajstić information content (AvgIpc) is 2.43. The molecule has 0 aliphatic heterocycles.